The molecule has 1 fully saturated rings. The van der Waals surface area contributed by atoms with E-state index in [-0.39, 0.29) is 23.4 Å². The molecular weight excluding hydrogens is 442 g/mol. The molecule has 2 amide bonds. The summed E-state index contributed by atoms with van der Waals surface area (Å²) in [5.41, 5.74) is -2.04. The monoisotopic (exact) mass is 464 g/mol. The van der Waals surface area contributed by atoms with E-state index >= 15 is 0 Å². The summed E-state index contributed by atoms with van der Waals surface area (Å²) >= 11 is 1.55. The quantitative estimate of drug-likeness (QED) is 0.667. The van der Waals surface area contributed by atoms with Crippen molar-refractivity contribution in [2.45, 2.75) is 18.5 Å². The lowest BCUT2D eigenvalue weighted by atomic mass is 9.92. The van der Waals surface area contributed by atoms with Crippen LogP contribution in [0.2, 0.25) is 0 Å². The van der Waals surface area contributed by atoms with Crippen molar-refractivity contribution in [3.8, 4) is 5.75 Å². The summed E-state index contributed by atoms with van der Waals surface area (Å²) in [4.78, 5) is 39.8. The highest BCUT2D eigenvalue weighted by Crippen LogP contribution is 2.38. The number of fused-ring (bicyclic) bond motifs is 2. The molecule has 11 heteroatoms. The maximum Gasteiger partial charge on any atom is 0.274 e. The Morgan fingerprint density at radius 1 is 1.28 bits per heavy atom. The van der Waals surface area contributed by atoms with Gasteiger partial charge in [-0.25, -0.2) is 13.1 Å². The molecule has 0 bridgehead atoms. The standard InChI is InChI=1S/C21H22F2N4O4S/c1-25-10-21(5-6-26(11-21)32-2)27-9-14(17(28)18(29)16(27)20(25)31)19(30)24-8-12-3-4-13(22)7-15(12)23/h3-4,7,9,29H,5-6,8,10-11H2,1-2H3,(H,24,30). The van der Waals surface area contributed by atoms with E-state index in [1.807, 2.05) is 6.26 Å². The predicted octanol–water partition coefficient (Wildman–Crippen LogP) is 1.53. The minimum Gasteiger partial charge on any atom is -0.503 e. The Morgan fingerprint density at radius 2 is 2.03 bits per heavy atom. The molecular formula is C21H22F2N4O4S. The van der Waals surface area contributed by atoms with Crippen LogP contribution in [0.15, 0.2) is 29.2 Å². The zero-order chi connectivity index (χ0) is 23.2. The summed E-state index contributed by atoms with van der Waals surface area (Å²) < 4.78 is 30.6. The summed E-state index contributed by atoms with van der Waals surface area (Å²) in [6, 6.07) is 2.96. The van der Waals surface area contributed by atoms with Gasteiger partial charge in [-0.15, -0.1) is 0 Å². The van der Waals surface area contributed by atoms with Gasteiger partial charge in [0.05, 0.1) is 5.54 Å². The minimum absolute atomic E-state index is 0.0433. The summed E-state index contributed by atoms with van der Waals surface area (Å²) in [6.07, 6.45) is 3.90. The van der Waals surface area contributed by atoms with E-state index in [0.29, 0.717) is 25.6 Å². The number of carbonyl (C=O) groups excluding carboxylic acids is 2. The van der Waals surface area contributed by atoms with E-state index < -0.39 is 40.2 Å². The van der Waals surface area contributed by atoms with Crippen LogP contribution in [-0.2, 0) is 12.1 Å². The Labute approximate surface area is 186 Å². The van der Waals surface area contributed by atoms with Crippen LogP contribution in [0.25, 0.3) is 0 Å². The first-order valence-corrected chi connectivity index (χ1v) is 11.1. The Balaban J connectivity index is 1.72. The van der Waals surface area contributed by atoms with Gasteiger partial charge in [0.1, 0.15) is 17.2 Å². The number of hydrogen-bond acceptors (Lipinski definition) is 6. The SMILES string of the molecule is CSN1CCC2(C1)CN(C)C(=O)c1c(O)c(=O)c(C(=O)NCc3ccc(F)cc3F)cn12. The van der Waals surface area contributed by atoms with E-state index in [0.717, 1.165) is 12.6 Å². The lowest BCUT2D eigenvalue weighted by Gasteiger charge is -2.42. The molecule has 1 aromatic heterocycles. The lowest BCUT2D eigenvalue weighted by Crippen LogP contribution is -2.54. The van der Waals surface area contributed by atoms with Gasteiger partial charge in [0, 0.05) is 51.1 Å². The van der Waals surface area contributed by atoms with Crippen LogP contribution in [-0.4, -0.2) is 63.6 Å². The van der Waals surface area contributed by atoms with E-state index in [9.17, 15) is 28.3 Å². The first-order valence-electron chi connectivity index (χ1n) is 9.92. The van der Waals surface area contributed by atoms with E-state index in [2.05, 4.69) is 9.62 Å². The van der Waals surface area contributed by atoms with Crippen molar-refractivity contribution in [2.24, 2.45) is 0 Å². The highest BCUT2D eigenvalue weighted by Gasteiger charge is 2.47. The number of nitrogens with zero attached hydrogens (tertiary/aromatic N) is 3. The highest BCUT2D eigenvalue weighted by molar-refractivity contribution is 7.96. The van der Waals surface area contributed by atoms with Crippen LogP contribution < -0.4 is 10.7 Å². The fraction of sp³-hybridized carbons (Fsp3) is 0.381. The molecule has 3 heterocycles. The largest absolute Gasteiger partial charge is 0.503 e. The molecule has 170 valence electrons. The van der Waals surface area contributed by atoms with Crippen LogP contribution in [0.4, 0.5) is 8.78 Å². The fourth-order valence-electron chi connectivity index (χ4n) is 4.35. The molecule has 0 saturated carbocycles. The second-order valence-electron chi connectivity index (χ2n) is 8.04. The molecule has 8 nitrogen and oxygen atoms in total. The van der Waals surface area contributed by atoms with Crippen molar-refractivity contribution in [1.82, 2.24) is 19.1 Å². The number of aromatic nitrogens is 1. The molecule has 0 radical (unpaired) electrons. The van der Waals surface area contributed by atoms with Gasteiger partial charge in [0.15, 0.2) is 11.4 Å². The third-order valence-electron chi connectivity index (χ3n) is 6.03. The summed E-state index contributed by atoms with van der Waals surface area (Å²) in [5, 5.41) is 13.0. The maximum atomic E-state index is 13.9. The van der Waals surface area contributed by atoms with Gasteiger partial charge in [-0.1, -0.05) is 18.0 Å². The number of likely N-dealkylation sites (N-methyl/N-ethyl adjacent to an activating group) is 1. The van der Waals surface area contributed by atoms with Gasteiger partial charge in [-0.05, 0) is 18.7 Å². The minimum atomic E-state index is -0.980. The van der Waals surface area contributed by atoms with Crippen molar-refractivity contribution >= 4 is 23.8 Å². The molecule has 4 rings (SSSR count). The number of amides is 2. The summed E-state index contributed by atoms with van der Waals surface area (Å²) in [7, 11) is 1.61. The fourth-order valence-corrected chi connectivity index (χ4v) is 4.99. The van der Waals surface area contributed by atoms with Crippen LogP contribution in [0.3, 0.4) is 0 Å². The third kappa shape index (κ3) is 3.65. The van der Waals surface area contributed by atoms with Gasteiger partial charge in [0.2, 0.25) is 5.43 Å². The number of benzene rings is 1. The molecule has 2 aromatic rings. The highest BCUT2D eigenvalue weighted by atomic mass is 32.2. The molecule has 2 aliphatic heterocycles. The van der Waals surface area contributed by atoms with Gasteiger partial charge in [-0.3, -0.25) is 14.4 Å². The average molecular weight is 464 g/mol. The molecule has 32 heavy (non-hydrogen) atoms. The van der Waals surface area contributed by atoms with Crippen LogP contribution in [0.1, 0.15) is 32.8 Å². The predicted molar refractivity (Wildman–Crippen MR) is 115 cm³/mol. The molecule has 1 saturated heterocycles. The molecule has 0 aliphatic carbocycles. The molecule has 2 N–H and O–H groups in total. The molecule has 1 unspecified atom stereocenters. The van der Waals surface area contributed by atoms with Gasteiger partial charge in [0.25, 0.3) is 11.8 Å². The van der Waals surface area contributed by atoms with Gasteiger partial charge >= 0.3 is 0 Å². The second kappa shape index (κ2) is 8.21. The lowest BCUT2D eigenvalue weighted by molar-refractivity contribution is 0.0616. The Bertz CT molecular complexity index is 1170. The first kappa shape index (κ1) is 22.3. The number of pyridine rings is 1. The molecule has 1 atom stereocenters. The van der Waals surface area contributed by atoms with Crippen molar-refractivity contribution < 1.29 is 23.5 Å². The Kier molecular flexibility index (Phi) is 5.72. The molecule has 1 aromatic carbocycles. The number of halogens is 2. The van der Waals surface area contributed by atoms with Crippen LogP contribution >= 0.6 is 11.9 Å². The number of nitrogens with one attached hydrogen (secondary N) is 1. The number of rotatable bonds is 4. The van der Waals surface area contributed by atoms with Crippen LogP contribution in [0, 0.1) is 11.6 Å². The Morgan fingerprint density at radius 3 is 2.69 bits per heavy atom. The smallest absolute Gasteiger partial charge is 0.274 e. The second-order valence-corrected chi connectivity index (χ2v) is 8.92. The van der Waals surface area contributed by atoms with Crippen molar-refractivity contribution in [2.75, 3.05) is 32.9 Å². The van der Waals surface area contributed by atoms with Gasteiger partial charge in [-0.2, -0.15) is 0 Å². The summed E-state index contributed by atoms with van der Waals surface area (Å²) in [6.45, 7) is 1.38. The zero-order valence-electron chi connectivity index (χ0n) is 17.5. The third-order valence-corrected chi connectivity index (χ3v) is 6.86. The van der Waals surface area contributed by atoms with Crippen molar-refractivity contribution in [3.05, 3.63) is 63.1 Å². The van der Waals surface area contributed by atoms with Crippen molar-refractivity contribution in [1.29, 1.82) is 0 Å². The Hall–Kier alpha value is -2.92. The molecule has 1 spiro atoms. The number of hydrogen-bond donors (Lipinski definition) is 2. The maximum absolute atomic E-state index is 13.9. The number of aromatic hydroxyl groups is 1. The first-order chi connectivity index (χ1) is 15.2. The molecule has 2 aliphatic rings. The topological polar surface area (TPSA) is 94.9 Å². The normalized spacial score (nSPS) is 20.6. The van der Waals surface area contributed by atoms with Crippen molar-refractivity contribution in [3.63, 3.8) is 0 Å². The van der Waals surface area contributed by atoms with Gasteiger partial charge < -0.3 is 19.9 Å². The van der Waals surface area contributed by atoms with E-state index in [1.54, 1.807) is 23.6 Å². The van der Waals surface area contributed by atoms with Crippen LogP contribution in [0.5, 0.6) is 5.75 Å². The average Bonchev–Trinajstić information content (AvgIpc) is 3.17. The summed E-state index contributed by atoms with van der Waals surface area (Å²) in [5.74, 6) is -3.69. The van der Waals surface area contributed by atoms with E-state index in [1.165, 1.54) is 17.2 Å². The number of carbonyl (C=O) groups is 2. The van der Waals surface area contributed by atoms with E-state index in [4.69, 9.17) is 0 Å². The zero-order valence-corrected chi connectivity index (χ0v) is 18.3.